The smallest absolute Gasteiger partial charge is 0.257 e. The van der Waals surface area contributed by atoms with E-state index in [1.165, 1.54) is 24.3 Å². The van der Waals surface area contributed by atoms with Crippen molar-refractivity contribution in [3.05, 3.63) is 39.9 Å². The fourth-order valence-corrected chi connectivity index (χ4v) is 2.21. The number of carbonyl (C=O) groups is 2. The number of ketones is 1. The first-order valence-electron chi connectivity index (χ1n) is 5.30. The number of carbonyl (C=O) groups excluding carboxylic acids is 2. The molecule has 0 aliphatic heterocycles. The third-order valence-electron chi connectivity index (χ3n) is 2.34. The maximum Gasteiger partial charge on any atom is 0.257 e. The molecule has 2 aromatic rings. The van der Waals surface area contributed by atoms with Gasteiger partial charge in [-0.2, -0.15) is 0 Å². The van der Waals surface area contributed by atoms with Crippen molar-refractivity contribution in [2.75, 3.05) is 11.1 Å². The second kappa shape index (κ2) is 5.38. The summed E-state index contributed by atoms with van der Waals surface area (Å²) in [4.78, 5) is 27.0. The zero-order valence-electron chi connectivity index (χ0n) is 9.94. The number of nitrogens with zero attached hydrogens (tertiary/aromatic N) is 1. The fourth-order valence-electron chi connectivity index (χ4n) is 1.35. The highest BCUT2D eigenvalue weighted by atomic mass is 35.5. The van der Waals surface area contributed by atoms with Crippen LogP contribution in [0.5, 0.6) is 0 Å². The van der Waals surface area contributed by atoms with Crippen molar-refractivity contribution in [1.82, 2.24) is 4.98 Å². The van der Waals surface area contributed by atoms with Gasteiger partial charge in [-0.05, 0) is 18.2 Å². The molecule has 0 aliphatic carbocycles. The molecule has 2 rings (SSSR count). The van der Waals surface area contributed by atoms with E-state index in [1.807, 2.05) is 0 Å². The monoisotopic (exact) mass is 295 g/mol. The van der Waals surface area contributed by atoms with E-state index in [-0.39, 0.29) is 11.7 Å². The Morgan fingerprint density at radius 3 is 2.74 bits per heavy atom. The van der Waals surface area contributed by atoms with Crippen LogP contribution in [0, 0.1) is 0 Å². The van der Waals surface area contributed by atoms with E-state index in [2.05, 4.69) is 10.3 Å². The van der Waals surface area contributed by atoms with Crippen molar-refractivity contribution in [2.45, 2.75) is 6.92 Å². The highest BCUT2D eigenvalue weighted by Crippen LogP contribution is 2.21. The fraction of sp³-hybridized carbons (Fsp3) is 0.0833. The molecule has 0 saturated heterocycles. The van der Waals surface area contributed by atoms with E-state index in [1.54, 1.807) is 17.5 Å². The van der Waals surface area contributed by atoms with Gasteiger partial charge in [0, 0.05) is 17.9 Å². The topological polar surface area (TPSA) is 85.1 Å². The Balaban J connectivity index is 2.15. The van der Waals surface area contributed by atoms with Crippen LogP contribution in [0.15, 0.2) is 23.6 Å². The van der Waals surface area contributed by atoms with Crippen molar-refractivity contribution >= 4 is 45.4 Å². The van der Waals surface area contributed by atoms with Crippen molar-refractivity contribution in [1.29, 1.82) is 0 Å². The number of hydrogen-bond donors (Lipinski definition) is 2. The Morgan fingerprint density at radius 2 is 2.16 bits per heavy atom. The predicted molar refractivity (Wildman–Crippen MR) is 75.9 cm³/mol. The van der Waals surface area contributed by atoms with Crippen molar-refractivity contribution < 1.29 is 9.59 Å². The molecule has 0 aliphatic rings. The molecule has 7 heteroatoms. The number of nitrogens with one attached hydrogen (secondary N) is 1. The summed E-state index contributed by atoms with van der Waals surface area (Å²) in [5.74, 6) is -0.500. The lowest BCUT2D eigenvalue weighted by molar-refractivity contribution is 0.100. The Kier molecular flexibility index (Phi) is 3.82. The molecule has 0 unspecified atom stereocenters. The zero-order valence-corrected chi connectivity index (χ0v) is 11.5. The summed E-state index contributed by atoms with van der Waals surface area (Å²) in [6.07, 6.45) is 0. The first kappa shape index (κ1) is 13.5. The minimum Gasteiger partial charge on any atom is -0.398 e. The van der Waals surface area contributed by atoms with Gasteiger partial charge in [-0.3, -0.25) is 14.9 Å². The minimum atomic E-state index is -0.354. The number of amides is 1. The minimum absolute atomic E-state index is 0.146. The summed E-state index contributed by atoms with van der Waals surface area (Å²) in [5.41, 5.74) is 6.66. The van der Waals surface area contributed by atoms with Gasteiger partial charge in [0.15, 0.2) is 10.9 Å². The molecule has 98 valence electrons. The van der Waals surface area contributed by atoms with E-state index in [0.717, 1.165) is 0 Å². The van der Waals surface area contributed by atoms with Gasteiger partial charge < -0.3 is 5.73 Å². The third-order valence-corrected chi connectivity index (χ3v) is 3.45. The van der Waals surface area contributed by atoms with Crippen molar-refractivity contribution in [2.24, 2.45) is 0 Å². The van der Waals surface area contributed by atoms with Gasteiger partial charge in [0.1, 0.15) is 5.69 Å². The lowest BCUT2D eigenvalue weighted by atomic mass is 10.2. The average Bonchev–Trinajstić information content (AvgIpc) is 2.81. The van der Waals surface area contributed by atoms with Gasteiger partial charge >= 0.3 is 0 Å². The number of hydrogen-bond acceptors (Lipinski definition) is 5. The summed E-state index contributed by atoms with van der Waals surface area (Å²) in [7, 11) is 0. The largest absolute Gasteiger partial charge is 0.398 e. The Hall–Kier alpha value is -1.92. The number of thiazole rings is 1. The van der Waals surface area contributed by atoms with E-state index < -0.39 is 0 Å². The lowest BCUT2D eigenvalue weighted by Gasteiger charge is -2.03. The number of nitrogen functional groups attached to an aromatic ring is 1. The first-order valence-corrected chi connectivity index (χ1v) is 6.56. The molecule has 0 bridgehead atoms. The molecule has 1 heterocycles. The number of Topliss-reactive ketones (excluding diaryl/α,β-unsaturated/α-hetero) is 1. The number of rotatable bonds is 3. The molecule has 19 heavy (non-hydrogen) atoms. The van der Waals surface area contributed by atoms with Crippen LogP contribution in [0.2, 0.25) is 5.02 Å². The van der Waals surface area contributed by atoms with Gasteiger partial charge in [-0.25, -0.2) is 4.98 Å². The van der Waals surface area contributed by atoms with E-state index in [0.29, 0.717) is 27.1 Å². The maximum atomic E-state index is 11.9. The van der Waals surface area contributed by atoms with Crippen LogP contribution in [0.1, 0.15) is 27.8 Å². The molecular formula is C12H10ClN3O2S. The van der Waals surface area contributed by atoms with Crippen molar-refractivity contribution in [3.8, 4) is 0 Å². The lowest BCUT2D eigenvalue weighted by Crippen LogP contribution is -2.12. The van der Waals surface area contributed by atoms with Gasteiger partial charge in [-0.15, -0.1) is 11.3 Å². The normalized spacial score (nSPS) is 10.2. The number of anilines is 2. The van der Waals surface area contributed by atoms with E-state index >= 15 is 0 Å². The predicted octanol–water partition coefficient (Wildman–Crippen LogP) is 2.83. The molecule has 0 fully saturated rings. The quantitative estimate of drug-likeness (QED) is 0.673. The summed E-state index contributed by atoms with van der Waals surface area (Å²) < 4.78 is 0. The van der Waals surface area contributed by atoms with Crippen LogP contribution in [0.4, 0.5) is 10.8 Å². The number of nitrogens with two attached hydrogens (primary N) is 1. The summed E-state index contributed by atoms with van der Waals surface area (Å²) in [6.45, 7) is 1.42. The Labute approximate surface area is 118 Å². The SMILES string of the molecule is CC(=O)c1csc(NC(=O)c2ccc(Cl)c(N)c2)n1. The number of benzene rings is 1. The van der Waals surface area contributed by atoms with Crippen molar-refractivity contribution in [3.63, 3.8) is 0 Å². The van der Waals surface area contributed by atoms with Crippen LogP contribution in [0.3, 0.4) is 0 Å². The number of halogens is 1. The highest BCUT2D eigenvalue weighted by Gasteiger charge is 2.11. The van der Waals surface area contributed by atoms with Crippen LogP contribution >= 0.6 is 22.9 Å². The first-order chi connectivity index (χ1) is 8.97. The summed E-state index contributed by atoms with van der Waals surface area (Å²) in [5, 5.41) is 4.95. The van der Waals surface area contributed by atoms with Gasteiger partial charge in [0.25, 0.3) is 5.91 Å². The van der Waals surface area contributed by atoms with Crippen LogP contribution in [-0.4, -0.2) is 16.7 Å². The van der Waals surface area contributed by atoms with Crippen LogP contribution in [-0.2, 0) is 0 Å². The standard InChI is InChI=1S/C12H10ClN3O2S/c1-6(17)10-5-19-12(15-10)16-11(18)7-2-3-8(13)9(14)4-7/h2-5H,14H2,1H3,(H,15,16,18). The molecule has 5 nitrogen and oxygen atoms in total. The summed E-state index contributed by atoms with van der Waals surface area (Å²) in [6, 6.07) is 4.60. The molecule has 0 radical (unpaired) electrons. The molecule has 3 N–H and O–H groups in total. The van der Waals surface area contributed by atoms with Gasteiger partial charge in [-0.1, -0.05) is 11.6 Å². The van der Waals surface area contributed by atoms with Gasteiger partial charge in [0.2, 0.25) is 0 Å². The van der Waals surface area contributed by atoms with E-state index in [9.17, 15) is 9.59 Å². The van der Waals surface area contributed by atoms with E-state index in [4.69, 9.17) is 17.3 Å². The third kappa shape index (κ3) is 3.10. The van der Waals surface area contributed by atoms with Gasteiger partial charge in [0.05, 0.1) is 10.7 Å². The average molecular weight is 296 g/mol. The van der Waals surface area contributed by atoms with Crippen LogP contribution in [0.25, 0.3) is 0 Å². The molecule has 1 aromatic heterocycles. The summed E-state index contributed by atoms with van der Waals surface area (Å²) >= 11 is 6.97. The highest BCUT2D eigenvalue weighted by molar-refractivity contribution is 7.14. The second-order valence-corrected chi connectivity index (χ2v) is 5.05. The Morgan fingerprint density at radius 1 is 1.42 bits per heavy atom. The Bertz CT molecular complexity index is 654. The molecule has 0 atom stereocenters. The molecule has 0 saturated carbocycles. The number of aromatic nitrogens is 1. The maximum absolute atomic E-state index is 11.9. The second-order valence-electron chi connectivity index (χ2n) is 3.78. The zero-order chi connectivity index (χ0) is 14.0. The molecule has 0 spiro atoms. The van der Waals surface area contributed by atoms with Crippen LogP contribution < -0.4 is 11.1 Å². The molecular weight excluding hydrogens is 286 g/mol. The molecule has 1 amide bonds. The molecule has 1 aromatic carbocycles.